The van der Waals surface area contributed by atoms with Gasteiger partial charge < -0.3 is 19.7 Å². The summed E-state index contributed by atoms with van der Waals surface area (Å²) in [6, 6.07) is 6.18. The molecule has 1 amide bonds. The quantitative estimate of drug-likeness (QED) is 0.906. The van der Waals surface area contributed by atoms with E-state index in [0.717, 1.165) is 25.2 Å². The molecule has 0 bridgehead atoms. The number of ether oxygens (including phenoxy) is 2. The minimum absolute atomic E-state index is 0.127. The molecule has 1 fully saturated rings. The molecule has 22 heavy (non-hydrogen) atoms. The van der Waals surface area contributed by atoms with Gasteiger partial charge in [-0.15, -0.1) is 0 Å². The van der Waals surface area contributed by atoms with Crippen molar-refractivity contribution in [3.63, 3.8) is 0 Å². The van der Waals surface area contributed by atoms with Crippen LogP contribution in [-0.4, -0.2) is 44.9 Å². The molecule has 5 heteroatoms. The summed E-state index contributed by atoms with van der Waals surface area (Å²) in [5.41, 5.74) is 3.46. The maximum absolute atomic E-state index is 12.2. The van der Waals surface area contributed by atoms with Crippen LogP contribution in [0.25, 0.3) is 0 Å². The summed E-state index contributed by atoms with van der Waals surface area (Å²) in [7, 11) is 0. The number of benzene rings is 1. The molecule has 0 aliphatic carbocycles. The molecule has 1 saturated heterocycles. The zero-order chi connectivity index (χ0) is 15.4. The van der Waals surface area contributed by atoms with E-state index in [1.807, 2.05) is 6.07 Å². The van der Waals surface area contributed by atoms with Crippen LogP contribution in [0, 0.1) is 0 Å². The Labute approximate surface area is 131 Å². The van der Waals surface area contributed by atoms with Gasteiger partial charge in [0, 0.05) is 24.5 Å². The summed E-state index contributed by atoms with van der Waals surface area (Å²) in [4.78, 5) is 14.6. The fourth-order valence-corrected chi connectivity index (χ4v) is 2.97. The van der Waals surface area contributed by atoms with Crippen molar-refractivity contribution in [3.05, 3.63) is 23.8 Å². The fourth-order valence-electron chi connectivity index (χ4n) is 2.97. The van der Waals surface area contributed by atoms with Gasteiger partial charge in [0.15, 0.2) is 6.10 Å². The van der Waals surface area contributed by atoms with Crippen LogP contribution in [0.5, 0.6) is 0 Å². The molecule has 5 nitrogen and oxygen atoms in total. The van der Waals surface area contributed by atoms with Crippen molar-refractivity contribution in [2.24, 2.45) is 0 Å². The van der Waals surface area contributed by atoms with E-state index in [1.165, 1.54) is 24.1 Å². The highest BCUT2D eigenvalue weighted by molar-refractivity contribution is 5.95. The lowest BCUT2D eigenvalue weighted by molar-refractivity contribution is -0.142. The van der Waals surface area contributed by atoms with Gasteiger partial charge in [-0.25, -0.2) is 0 Å². The number of unbranched alkanes of at least 4 members (excludes halogenated alkanes) is 1. The molecule has 1 aromatic carbocycles. The Bertz CT molecular complexity index is 527. The maximum Gasteiger partial charge on any atom is 0.255 e. The molecule has 2 heterocycles. The van der Waals surface area contributed by atoms with E-state index in [-0.39, 0.29) is 5.91 Å². The average molecular weight is 304 g/mol. The number of carbonyl (C=O) groups excluding carboxylic acids is 1. The monoisotopic (exact) mass is 304 g/mol. The number of hydrogen-bond donors (Lipinski definition) is 1. The summed E-state index contributed by atoms with van der Waals surface area (Å²) in [5.74, 6) is -0.127. The van der Waals surface area contributed by atoms with E-state index in [9.17, 15) is 4.79 Å². The number of amides is 1. The Morgan fingerprint density at radius 3 is 3.09 bits per heavy atom. The molecule has 1 N–H and O–H groups in total. The highest BCUT2D eigenvalue weighted by Crippen LogP contribution is 2.31. The minimum atomic E-state index is -0.502. The minimum Gasteiger partial charge on any atom is -0.376 e. The maximum atomic E-state index is 12.2. The second-order valence-electron chi connectivity index (χ2n) is 5.86. The van der Waals surface area contributed by atoms with E-state index in [4.69, 9.17) is 9.47 Å². The molecule has 120 valence electrons. The number of anilines is 2. The molecular formula is C17H24N2O3. The lowest BCUT2D eigenvalue weighted by atomic mass is 10.1. The van der Waals surface area contributed by atoms with Gasteiger partial charge in [0.05, 0.1) is 19.8 Å². The van der Waals surface area contributed by atoms with E-state index < -0.39 is 6.10 Å². The van der Waals surface area contributed by atoms with Crippen LogP contribution in [0.15, 0.2) is 18.2 Å². The number of carbonyl (C=O) groups is 1. The molecular weight excluding hydrogens is 280 g/mol. The predicted molar refractivity (Wildman–Crippen MR) is 86.5 cm³/mol. The summed E-state index contributed by atoms with van der Waals surface area (Å²) < 4.78 is 10.7. The van der Waals surface area contributed by atoms with Crippen molar-refractivity contribution in [3.8, 4) is 0 Å². The number of rotatable bonds is 5. The van der Waals surface area contributed by atoms with Crippen molar-refractivity contribution in [1.29, 1.82) is 0 Å². The average Bonchev–Trinajstić information content (AvgIpc) is 2.96. The van der Waals surface area contributed by atoms with Crippen LogP contribution in [0.2, 0.25) is 0 Å². The third kappa shape index (κ3) is 3.42. The van der Waals surface area contributed by atoms with Gasteiger partial charge >= 0.3 is 0 Å². The van der Waals surface area contributed by atoms with Gasteiger partial charge in [0.2, 0.25) is 0 Å². The van der Waals surface area contributed by atoms with Crippen molar-refractivity contribution >= 4 is 17.3 Å². The molecule has 0 aromatic heterocycles. The zero-order valence-electron chi connectivity index (χ0n) is 13.1. The van der Waals surface area contributed by atoms with Crippen LogP contribution < -0.4 is 10.2 Å². The molecule has 0 spiro atoms. The zero-order valence-corrected chi connectivity index (χ0v) is 13.1. The lowest BCUT2D eigenvalue weighted by Crippen LogP contribution is -2.39. The third-order valence-electron chi connectivity index (χ3n) is 4.23. The molecule has 2 aliphatic rings. The molecule has 2 aliphatic heterocycles. The van der Waals surface area contributed by atoms with Crippen LogP contribution in [-0.2, 0) is 20.7 Å². The van der Waals surface area contributed by atoms with Crippen molar-refractivity contribution in [2.75, 3.05) is 43.1 Å². The fraction of sp³-hybridized carbons (Fsp3) is 0.588. The van der Waals surface area contributed by atoms with Crippen molar-refractivity contribution in [2.45, 2.75) is 32.3 Å². The lowest BCUT2D eigenvalue weighted by Gasteiger charge is -2.23. The van der Waals surface area contributed by atoms with Gasteiger partial charge in [-0.3, -0.25) is 4.79 Å². The van der Waals surface area contributed by atoms with Gasteiger partial charge in [-0.1, -0.05) is 19.4 Å². The normalized spacial score (nSPS) is 20.8. The molecule has 1 atom stereocenters. The number of fused-ring (bicyclic) bond motifs is 1. The summed E-state index contributed by atoms with van der Waals surface area (Å²) in [6.07, 6.45) is 2.98. The molecule has 0 saturated carbocycles. The Morgan fingerprint density at radius 2 is 2.32 bits per heavy atom. The van der Waals surface area contributed by atoms with E-state index >= 15 is 0 Å². The number of hydrogen-bond acceptors (Lipinski definition) is 4. The van der Waals surface area contributed by atoms with Crippen molar-refractivity contribution in [1.82, 2.24) is 0 Å². The van der Waals surface area contributed by atoms with E-state index in [0.29, 0.717) is 19.8 Å². The Hall–Kier alpha value is -1.59. The first-order chi connectivity index (χ1) is 10.8. The second kappa shape index (κ2) is 7.11. The number of nitrogens with zero attached hydrogens (tertiary/aromatic N) is 1. The molecule has 0 radical (unpaired) electrons. The Morgan fingerprint density at radius 1 is 1.41 bits per heavy atom. The standard InChI is InChI=1S/C17H24N2O3/c1-2-3-7-19-8-6-13-4-5-14(11-15(13)19)18-17(20)16-12-21-9-10-22-16/h4-5,11,16H,2-3,6-10,12H2,1H3,(H,18,20). The van der Waals surface area contributed by atoms with Crippen LogP contribution in [0.3, 0.4) is 0 Å². The summed E-state index contributed by atoms with van der Waals surface area (Å²) >= 11 is 0. The Balaban J connectivity index is 1.66. The SMILES string of the molecule is CCCCN1CCc2ccc(NC(=O)C3COCCO3)cc21. The molecule has 3 rings (SSSR count). The second-order valence-corrected chi connectivity index (χ2v) is 5.86. The third-order valence-corrected chi connectivity index (χ3v) is 4.23. The van der Waals surface area contributed by atoms with Crippen LogP contribution in [0.1, 0.15) is 25.3 Å². The van der Waals surface area contributed by atoms with Crippen LogP contribution >= 0.6 is 0 Å². The molecule has 1 aromatic rings. The van der Waals surface area contributed by atoms with Crippen molar-refractivity contribution < 1.29 is 14.3 Å². The topological polar surface area (TPSA) is 50.8 Å². The van der Waals surface area contributed by atoms with Gasteiger partial charge in [0.1, 0.15) is 0 Å². The van der Waals surface area contributed by atoms with Crippen LogP contribution in [0.4, 0.5) is 11.4 Å². The van der Waals surface area contributed by atoms with Gasteiger partial charge in [0.25, 0.3) is 5.91 Å². The molecule has 1 unspecified atom stereocenters. The van der Waals surface area contributed by atoms with Gasteiger partial charge in [-0.2, -0.15) is 0 Å². The summed E-state index contributed by atoms with van der Waals surface area (Å²) in [5, 5.41) is 2.95. The Kier molecular flexibility index (Phi) is 4.95. The van der Waals surface area contributed by atoms with E-state index in [2.05, 4.69) is 29.3 Å². The predicted octanol–water partition coefficient (Wildman–Crippen LogP) is 2.20. The number of nitrogens with one attached hydrogen (secondary N) is 1. The van der Waals surface area contributed by atoms with E-state index in [1.54, 1.807) is 0 Å². The first kappa shape index (κ1) is 15.3. The highest BCUT2D eigenvalue weighted by atomic mass is 16.6. The first-order valence-corrected chi connectivity index (χ1v) is 8.16. The van der Waals surface area contributed by atoms with Gasteiger partial charge in [-0.05, 0) is 30.5 Å². The largest absolute Gasteiger partial charge is 0.376 e. The summed E-state index contributed by atoms with van der Waals surface area (Å²) in [6.45, 7) is 5.74. The highest BCUT2D eigenvalue weighted by Gasteiger charge is 2.24. The smallest absolute Gasteiger partial charge is 0.255 e. The first-order valence-electron chi connectivity index (χ1n) is 8.16.